The van der Waals surface area contributed by atoms with Crippen molar-refractivity contribution >= 4 is 0 Å². The largest absolute Gasteiger partial charge is 0.393 e. The van der Waals surface area contributed by atoms with Gasteiger partial charge >= 0.3 is 0 Å². The predicted octanol–water partition coefficient (Wildman–Crippen LogP) is 2.08. The maximum atomic E-state index is 9.81. The zero-order chi connectivity index (χ0) is 11.4. The van der Waals surface area contributed by atoms with E-state index >= 15 is 0 Å². The molecule has 92 valence electrons. The summed E-state index contributed by atoms with van der Waals surface area (Å²) in [6.45, 7) is 2.46. The average Bonchev–Trinajstić information content (AvgIpc) is 2.29. The van der Waals surface area contributed by atoms with Crippen LogP contribution in [0.15, 0.2) is 0 Å². The number of rotatable bonds is 2. The SMILES string of the molecule is CO[C@]12CCC3(C)C(CCC[C@@]3(CO)O1)C2. The highest BCUT2D eigenvalue weighted by atomic mass is 16.7. The third-order valence-corrected chi connectivity index (χ3v) is 5.67. The van der Waals surface area contributed by atoms with Gasteiger partial charge in [0.2, 0.25) is 0 Å². The van der Waals surface area contributed by atoms with Crippen LogP contribution in [0.3, 0.4) is 0 Å². The first-order chi connectivity index (χ1) is 7.60. The van der Waals surface area contributed by atoms with Crippen molar-refractivity contribution in [1.82, 2.24) is 0 Å². The summed E-state index contributed by atoms with van der Waals surface area (Å²) >= 11 is 0. The van der Waals surface area contributed by atoms with Gasteiger partial charge in [0.05, 0.1) is 6.61 Å². The van der Waals surface area contributed by atoms with Gasteiger partial charge in [-0.1, -0.05) is 13.3 Å². The topological polar surface area (TPSA) is 38.7 Å². The van der Waals surface area contributed by atoms with Gasteiger partial charge in [0.15, 0.2) is 5.79 Å². The van der Waals surface area contributed by atoms with E-state index in [-0.39, 0.29) is 17.6 Å². The summed E-state index contributed by atoms with van der Waals surface area (Å²) in [4.78, 5) is 0. The Bertz CT molecular complexity index is 306. The first kappa shape index (κ1) is 11.0. The van der Waals surface area contributed by atoms with Gasteiger partial charge < -0.3 is 14.6 Å². The zero-order valence-electron chi connectivity index (χ0n) is 10.3. The quantitative estimate of drug-likeness (QED) is 0.783. The molecule has 4 atom stereocenters. The normalized spacial score (nSPS) is 55.3. The van der Waals surface area contributed by atoms with E-state index in [9.17, 15) is 5.11 Å². The molecule has 0 aromatic rings. The second kappa shape index (κ2) is 3.21. The molecule has 0 radical (unpaired) electrons. The van der Waals surface area contributed by atoms with E-state index in [4.69, 9.17) is 9.47 Å². The van der Waals surface area contributed by atoms with Crippen LogP contribution in [0.2, 0.25) is 0 Å². The van der Waals surface area contributed by atoms with Crippen molar-refractivity contribution in [3.63, 3.8) is 0 Å². The lowest BCUT2D eigenvalue weighted by Crippen LogP contribution is -2.70. The molecule has 0 amide bonds. The Hall–Kier alpha value is -0.120. The summed E-state index contributed by atoms with van der Waals surface area (Å²) in [5, 5.41) is 9.81. The van der Waals surface area contributed by atoms with Crippen LogP contribution in [0.1, 0.15) is 45.4 Å². The lowest BCUT2D eigenvalue weighted by Gasteiger charge is -2.67. The Labute approximate surface area is 97.1 Å². The first-order valence-electron chi connectivity index (χ1n) is 6.46. The van der Waals surface area contributed by atoms with Crippen LogP contribution in [-0.4, -0.2) is 30.2 Å². The molecule has 0 spiro atoms. The molecule has 2 aliphatic carbocycles. The minimum atomic E-state index is -0.397. The molecule has 16 heavy (non-hydrogen) atoms. The number of hydrogen-bond acceptors (Lipinski definition) is 3. The van der Waals surface area contributed by atoms with E-state index in [2.05, 4.69) is 6.92 Å². The summed E-state index contributed by atoms with van der Waals surface area (Å²) in [6.07, 6.45) is 6.57. The smallest absolute Gasteiger partial charge is 0.169 e. The molecule has 2 aliphatic heterocycles. The Morgan fingerprint density at radius 1 is 1.38 bits per heavy atom. The van der Waals surface area contributed by atoms with Crippen LogP contribution in [0.25, 0.3) is 0 Å². The molecule has 4 bridgehead atoms. The Kier molecular flexibility index (Phi) is 2.21. The standard InChI is InChI=1S/C13H22O3/c1-11-6-7-13(15-2)8-10(11)4-3-5-12(11,9-14)16-13/h10,14H,3-9H2,1-2H3/t10?,11?,12-,13+/m0/s1. The lowest BCUT2D eigenvalue weighted by molar-refractivity contribution is -0.402. The molecule has 1 N–H and O–H groups in total. The van der Waals surface area contributed by atoms with Gasteiger partial charge in [-0.05, 0) is 25.2 Å². The van der Waals surface area contributed by atoms with E-state index in [0.29, 0.717) is 5.92 Å². The molecular weight excluding hydrogens is 204 g/mol. The van der Waals surface area contributed by atoms with Gasteiger partial charge in [0.1, 0.15) is 5.60 Å². The van der Waals surface area contributed by atoms with Gasteiger partial charge in [0, 0.05) is 25.4 Å². The first-order valence-corrected chi connectivity index (χ1v) is 6.46. The van der Waals surface area contributed by atoms with Gasteiger partial charge in [-0.15, -0.1) is 0 Å². The maximum Gasteiger partial charge on any atom is 0.169 e. The monoisotopic (exact) mass is 226 g/mol. The number of aliphatic hydroxyl groups is 1. The lowest BCUT2D eigenvalue weighted by atomic mass is 9.50. The molecule has 0 aromatic carbocycles. The highest BCUT2D eigenvalue weighted by Crippen LogP contribution is 2.65. The molecule has 3 heteroatoms. The van der Waals surface area contributed by atoms with Crippen molar-refractivity contribution in [2.45, 2.75) is 56.8 Å². The molecule has 2 heterocycles. The van der Waals surface area contributed by atoms with E-state index in [1.54, 1.807) is 7.11 Å². The molecular formula is C13H22O3. The molecule has 4 rings (SSSR count). The summed E-state index contributed by atoms with van der Waals surface area (Å²) in [7, 11) is 1.74. The Morgan fingerprint density at radius 3 is 2.88 bits per heavy atom. The summed E-state index contributed by atoms with van der Waals surface area (Å²) < 4.78 is 11.9. The Morgan fingerprint density at radius 2 is 2.19 bits per heavy atom. The minimum absolute atomic E-state index is 0.144. The van der Waals surface area contributed by atoms with Gasteiger partial charge in [-0.2, -0.15) is 0 Å². The van der Waals surface area contributed by atoms with E-state index in [1.165, 1.54) is 12.8 Å². The zero-order valence-corrected chi connectivity index (χ0v) is 10.3. The van der Waals surface area contributed by atoms with Crippen LogP contribution in [0.5, 0.6) is 0 Å². The highest BCUT2D eigenvalue weighted by Gasteiger charge is 2.67. The summed E-state index contributed by atoms with van der Waals surface area (Å²) in [5.41, 5.74) is -0.164. The fourth-order valence-corrected chi connectivity index (χ4v) is 4.43. The fraction of sp³-hybridized carbons (Fsp3) is 1.00. The second-order valence-corrected chi connectivity index (χ2v) is 6.08. The van der Waals surface area contributed by atoms with Crippen LogP contribution < -0.4 is 0 Å². The van der Waals surface area contributed by atoms with Crippen molar-refractivity contribution < 1.29 is 14.6 Å². The van der Waals surface area contributed by atoms with Crippen LogP contribution >= 0.6 is 0 Å². The van der Waals surface area contributed by atoms with Crippen molar-refractivity contribution in [1.29, 1.82) is 0 Å². The number of ether oxygens (including phenoxy) is 2. The average molecular weight is 226 g/mol. The van der Waals surface area contributed by atoms with Crippen LogP contribution in [0.4, 0.5) is 0 Å². The third kappa shape index (κ3) is 1.09. The van der Waals surface area contributed by atoms with Crippen molar-refractivity contribution in [2.75, 3.05) is 13.7 Å². The minimum Gasteiger partial charge on any atom is -0.393 e. The Balaban J connectivity index is 2.04. The molecule has 2 saturated carbocycles. The summed E-state index contributed by atoms with van der Waals surface area (Å²) in [5.74, 6) is 0.266. The van der Waals surface area contributed by atoms with Gasteiger partial charge in [-0.3, -0.25) is 0 Å². The van der Waals surface area contributed by atoms with E-state index in [1.807, 2.05) is 0 Å². The van der Waals surface area contributed by atoms with Gasteiger partial charge in [-0.25, -0.2) is 0 Å². The van der Waals surface area contributed by atoms with Crippen molar-refractivity contribution in [2.24, 2.45) is 11.3 Å². The third-order valence-electron chi connectivity index (χ3n) is 5.67. The van der Waals surface area contributed by atoms with Gasteiger partial charge in [0.25, 0.3) is 0 Å². The molecule has 0 aromatic heterocycles. The highest BCUT2D eigenvalue weighted by molar-refractivity contribution is 5.13. The number of hydrogen-bond donors (Lipinski definition) is 1. The predicted molar refractivity (Wildman–Crippen MR) is 59.9 cm³/mol. The maximum absolute atomic E-state index is 9.81. The number of fused-ring (bicyclic) bond motifs is 1. The number of aliphatic hydroxyl groups excluding tert-OH is 1. The second-order valence-electron chi connectivity index (χ2n) is 6.08. The summed E-state index contributed by atoms with van der Waals surface area (Å²) in [6, 6.07) is 0. The van der Waals surface area contributed by atoms with E-state index in [0.717, 1.165) is 25.7 Å². The van der Waals surface area contributed by atoms with E-state index < -0.39 is 5.79 Å². The number of methoxy groups -OCH3 is 1. The van der Waals surface area contributed by atoms with Crippen LogP contribution in [0, 0.1) is 11.3 Å². The molecule has 4 aliphatic rings. The van der Waals surface area contributed by atoms with Crippen LogP contribution in [-0.2, 0) is 9.47 Å². The molecule has 2 saturated heterocycles. The fourth-order valence-electron chi connectivity index (χ4n) is 4.43. The molecule has 3 nitrogen and oxygen atoms in total. The molecule has 4 fully saturated rings. The molecule has 2 unspecified atom stereocenters. The van der Waals surface area contributed by atoms with Crippen molar-refractivity contribution in [3.8, 4) is 0 Å². The van der Waals surface area contributed by atoms with Crippen molar-refractivity contribution in [3.05, 3.63) is 0 Å².